The van der Waals surface area contributed by atoms with E-state index in [2.05, 4.69) is 38.5 Å². The number of carbonyl (C=O) groups excluding carboxylic acids is 1. The molecule has 4 rings (SSSR count). The number of likely N-dealkylation sites (tertiary alicyclic amines) is 1. The summed E-state index contributed by atoms with van der Waals surface area (Å²) in [7, 11) is 4.06. The second-order valence-corrected chi connectivity index (χ2v) is 8.90. The molecule has 4 heterocycles. The lowest BCUT2D eigenvalue weighted by Gasteiger charge is -2.51. The van der Waals surface area contributed by atoms with E-state index in [4.69, 9.17) is 0 Å². The van der Waals surface area contributed by atoms with E-state index in [1.165, 1.54) is 5.56 Å². The fourth-order valence-electron chi connectivity index (χ4n) is 4.36. The quantitative estimate of drug-likeness (QED) is 0.794. The van der Waals surface area contributed by atoms with Gasteiger partial charge in [0.05, 0.1) is 23.4 Å². The second kappa shape index (κ2) is 7.33. The lowest BCUT2D eigenvalue weighted by molar-refractivity contribution is -0.155. The summed E-state index contributed by atoms with van der Waals surface area (Å²) >= 11 is 1.65. The monoisotopic (exact) mass is 388 g/mol. The molecule has 1 amide bonds. The minimum Gasteiger partial charge on any atom is -0.334 e. The molecule has 0 saturated carbocycles. The van der Waals surface area contributed by atoms with E-state index in [0.29, 0.717) is 6.54 Å². The highest BCUT2D eigenvalue weighted by molar-refractivity contribution is 7.09. The predicted molar refractivity (Wildman–Crippen MR) is 105 cm³/mol. The van der Waals surface area contributed by atoms with E-state index < -0.39 is 0 Å². The van der Waals surface area contributed by atoms with Crippen LogP contribution < -0.4 is 0 Å². The molecule has 0 radical (unpaired) electrons. The van der Waals surface area contributed by atoms with E-state index in [1.807, 2.05) is 29.7 Å². The fourth-order valence-corrected chi connectivity index (χ4v) is 4.96. The molecule has 0 atom stereocenters. The maximum atomic E-state index is 13.4. The Balaban J connectivity index is 1.42. The summed E-state index contributed by atoms with van der Waals surface area (Å²) in [6.07, 6.45) is 5.77. The highest BCUT2D eigenvalue weighted by Crippen LogP contribution is 2.34. The zero-order valence-electron chi connectivity index (χ0n) is 16.4. The van der Waals surface area contributed by atoms with Gasteiger partial charge in [0.25, 0.3) is 0 Å². The van der Waals surface area contributed by atoms with Gasteiger partial charge in [-0.25, -0.2) is 4.98 Å². The van der Waals surface area contributed by atoms with Crippen molar-refractivity contribution in [3.63, 3.8) is 0 Å². The SMILES string of the molecule is Cc1nc(CN2CCN(C)C3(CCN(Cc4cnn(C)c4)CC3)C2=O)cs1. The van der Waals surface area contributed by atoms with Gasteiger partial charge in [-0.05, 0) is 26.8 Å². The van der Waals surface area contributed by atoms with Crippen LogP contribution in [0.15, 0.2) is 17.8 Å². The molecule has 0 unspecified atom stereocenters. The van der Waals surface area contributed by atoms with Crippen LogP contribution in [0.25, 0.3) is 0 Å². The van der Waals surface area contributed by atoms with E-state index in [9.17, 15) is 4.79 Å². The first-order valence-electron chi connectivity index (χ1n) is 9.58. The normalized spacial score (nSPS) is 21.3. The second-order valence-electron chi connectivity index (χ2n) is 7.84. The molecule has 2 aromatic heterocycles. The molecule has 0 aromatic carbocycles. The Bertz CT molecular complexity index is 807. The Morgan fingerprint density at radius 1 is 1.15 bits per heavy atom. The van der Waals surface area contributed by atoms with Crippen molar-refractivity contribution in [1.82, 2.24) is 29.5 Å². The molecule has 0 N–H and O–H groups in total. The fraction of sp³-hybridized carbons (Fsp3) is 0.632. The molecular formula is C19H28N6OS. The summed E-state index contributed by atoms with van der Waals surface area (Å²) < 4.78 is 1.84. The maximum absolute atomic E-state index is 13.4. The van der Waals surface area contributed by atoms with Gasteiger partial charge in [0.2, 0.25) is 5.91 Å². The van der Waals surface area contributed by atoms with Crippen LogP contribution in [0.5, 0.6) is 0 Å². The molecule has 2 saturated heterocycles. The number of likely N-dealkylation sites (N-methyl/N-ethyl adjacent to an activating group) is 1. The molecular weight excluding hydrogens is 360 g/mol. The number of rotatable bonds is 4. The summed E-state index contributed by atoms with van der Waals surface area (Å²) in [5.41, 5.74) is 1.89. The summed E-state index contributed by atoms with van der Waals surface area (Å²) in [6, 6.07) is 0. The maximum Gasteiger partial charge on any atom is 0.243 e. The molecule has 0 bridgehead atoms. The third kappa shape index (κ3) is 3.66. The number of piperazine rings is 1. The van der Waals surface area contributed by atoms with E-state index >= 15 is 0 Å². The lowest BCUT2D eigenvalue weighted by atomic mass is 9.82. The van der Waals surface area contributed by atoms with Crippen LogP contribution in [0.3, 0.4) is 0 Å². The first kappa shape index (κ1) is 18.6. The standard InChI is InChI=1S/C19H28N6OS/c1-15-21-17(14-27-15)13-25-9-8-22(2)19(18(25)26)4-6-24(7-5-19)12-16-10-20-23(3)11-16/h10-11,14H,4-9,12-13H2,1-3H3. The van der Waals surface area contributed by atoms with E-state index in [0.717, 1.165) is 56.3 Å². The van der Waals surface area contributed by atoms with Gasteiger partial charge in [0, 0.05) is 56.9 Å². The number of aromatic nitrogens is 3. The lowest BCUT2D eigenvalue weighted by Crippen LogP contribution is -2.67. The average Bonchev–Trinajstić information content (AvgIpc) is 3.25. The number of aryl methyl sites for hydroxylation is 2. The molecule has 0 aliphatic carbocycles. The third-order valence-corrected chi connectivity index (χ3v) is 6.81. The van der Waals surface area contributed by atoms with Crippen LogP contribution in [-0.4, -0.2) is 74.1 Å². The molecule has 2 aromatic rings. The van der Waals surface area contributed by atoms with Gasteiger partial charge in [-0.3, -0.25) is 19.3 Å². The minimum atomic E-state index is -0.352. The first-order chi connectivity index (χ1) is 13.0. The third-order valence-electron chi connectivity index (χ3n) is 5.99. The smallest absolute Gasteiger partial charge is 0.243 e. The number of carbonyl (C=O) groups is 1. The predicted octanol–water partition coefficient (Wildman–Crippen LogP) is 1.49. The van der Waals surface area contributed by atoms with Gasteiger partial charge in [0.1, 0.15) is 5.54 Å². The van der Waals surface area contributed by atoms with Gasteiger partial charge >= 0.3 is 0 Å². The summed E-state index contributed by atoms with van der Waals surface area (Å²) in [5.74, 6) is 0.280. The Kier molecular flexibility index (Phi) is 5.05. The van der Waals surface area contributed by atoms with E-state index in [-0.39, 0.29) is 11.4 Å². The van der Waals surface area contributed by atoms with Crippen LogP contribution in [0, 0.1) is 6.92 Å². The van der Waals surface area contributed by atoms with Crippen molar-refractivity contribution >= 4 is 17.2 Å². The van der Waals surface area contributed by atoms with Gasteiger partial charge < -0.3 is 4.90 Å². The Labute approximate surface area is 164 Å². The van der Waals surface area contributed by atoms with Gasteiger partial charge in [-0.1, -0.05) is 0 Å². The molecule has 2 fully saturated rings. The molecule has 27 heavy (non-hydrogen) atoms. The van der Waals surface area contributed by atoms with Crippen LogP contribution in [0.4, 0.5) is 0 Å². The zero-order chi connectivity index (χ0) is 19.0. The average molecular weight is 389 g/mol. The number of piperidine rings is 1. The summed E-state index contributed by atoms with van der Waals surface area (Å²) in [4.78, 5) is 24.7. The highest BCUT2D eigenvalue weighted by Gasteiger charge is 2.49. The largest absolute Gasteiger partial charge is 0.334 e. The topological polar surface area (TPSA) is 57.5 Å². The van der Waals surface area contributed by atoms with Crippen molar-refractivity contribution in [2.24, 2.45) is 7.05 Å². The summed E-state index contributed by atoms with van der Waals surface area (Å²) in [6.45, 7) is 7.15. The molecule has 2 aliphatic heterocycles. The molecule has 146 valence electrons. The number of hydrogen-bond donors (Lipinski definition) is 0. The van der Waals surface area contributed by atoms with Crippen molar-refractivity contribution in [2.45, 2.75) is 38.4 Å². The van der Waals surface area contributed by atoms with Crippen LogP contribution in [0.1, 0.15) is 29.1 Å². The number of amides is 1. The Morgan fingerprint density at radius 2 is 1.93 bits per heavy atom. The van der Waals surface area contributed by atoms with Gasteiger partial charge in [-0.2, -0.15) is 5.10 Å². The zero-order valence-corrected chi connectivity index (χ0v) is 17.2. The minimum absolute atomic E-state index is 0.280. The van der Waals surface area contributed by atoms with Crippen molar-refractivity contribution < 1.29 is 4.79 Å². The van der Waals surface area contributed by atoms with E-state index in [1.54, 1.807) is 11.3 Å². The first-order valence-corrected chi connectivity index (χ1v) is 10.5. The van der Waals surface area contributed by atoms with Gasteiger partial charge in [-0.15, -0.1) is 11.3 Å². The number of hydrogen-bond acceptors (Lipinski definition) is 6. The summed E-state index contributed by atoms with van der Waals surface area (Å²) in [5, 5.41) is 7.39. The van der Waals surface area contributed by atoms with Gasteiger partial charge in [0.15, 0.2) is 0 Å². The van der Waals surface area contributed by atoms with Crippen molar-refractivity contribution in [3.8, 4) is 0 Å². The highest BCUT2D eigenvalue weighted by atomic mass is 32.1. The molecule has 8 heteroatoms. The Morgan fingerprint density at radius 3 is 2.56 bits per heavy atom. The number of nitrogens with zero attached hydrogens (tertiary/aromatic N) is 6. The van der Waals surface area contributed by atoms with Crippen LogP contribution in [-0.2, 0) is 24.9 Å². The Hall–Kier alpha value is -1.77. The van der Waals surface area contributed by atoms with Crippen molar-refractivity contribution in [1.29, 1.82) is 0 Å². The van der Waals surface area contributed by atoms with Crippen LogP contribution in [0.2, 0.25) is 0 Å². The molecule has 1 spiro atoms. The van der Waals surface area contributed by atoms with Crippen LogP contribution >= 0.6 is 11.3 Å². The number of thiazole rings is 1. The molecule has 2 aliphatic rings. The van der Waals surface area contributed by atoms with Crippen molar-refractivity contribution in [2.75, 3.05) is 33.2 Å². The molecule has 7 nitrogen and oxygen atoms in total. The van der Waals surface area contributed by atoms with Crippen molar-refractivity contribution in [3.05, 3.63) is 34.0 Å².